The minimum atomic E-state index is -0.232. The minimum absolute atomic E-state index is 0.232. The van der Waals surface area contributed by atoms with Gasteiger partial charge in [-0.2, -0.15) is 0 Å². The number of rotatable bonds is 2. The number of benzene rings is 2. The molecule has 0 fully saturated rings. The molecule has 0 aliphatic carbocycles. The Labute approximate surface area is 124 Å². The molecule has 0 atom stereocenters. The fourth-order valence-corrected chi connectivity index (χ4v) is 2.47. The van der Waals surface area contributed by atoms with E-state index in [4.69, 9.17) is 4.42 Å². The van der Waals surface area contributed by atoms with Crippen LogP contribution in [0.15, 0.2) is 57.6 Å². The van der Waals surface area contributed by atoms with E-state index in [1.165, 1.54) is 6.26 Å². The molecule has 2 aromatic carbocycles. The van der Waals surface area contributed by atoms with Gasteiger partial charge in [0, 0.05) is 15.7 Å². The first-order valence-electron chi connectivity index (χ1n) is 6.18. The standard InChI is InChI=1S/C16H12BrNO2/c1-10-6-7-20-15(10)16(19)18-14-5-3-11-8-13(17)4-2-12(11)9-14/h2-9H,1H3,(H,18,19). The number of anilines is 1. The molecule has 0 unspecified atom stereocenters. The monoisotopic (exact) mass is 329 g/mol. The van der Waals surface area contributed by atoms with Crippen LogP contribution < -0.4 is 5.32 Å². The second kappa shape index (κ2) is 5.13. The van der Waals surface area contributed by atoms with Gasteiger partial charge in [0.1, 0.15) is 0 Å². The SMILES string of the molecule is Cc1ccoc1C(=O)Nc1ccc2cc(Br)ccc2c1. The van der Waals surface area contributed by atoms with E-state index in [2.05, 4.69) is 21.2 Å². The Morgan fingerprint density at radius 3 is 2.60 bits per heavy atom. The topological polar surface area (TPSA) is 42.2 Å². The Balaban J connectivity index is 1.90. The van der Waals surface area contributed by atoms with Gasteiger partial charge in [-0.3, -0.25) is 4.79 Å². The van der Waals surface area contributed by atoms with Crippen molar-refractivity contribution in [2.45, 2.75) is 6.92 Å². The molecule has 0 spiro atoms. The number of fused-ring (bicyclic) bond motifs is 1. The highest BCUT2D eigenvalue weighted by molar-refractivity contribution is 9.10. The van der Waals surface area contributed by atoms with Gasteiger partial charge in [0.15, 0.2) is 5.76 Å². The van der Waals surface area contributed by atoms with Crippen molar-refractivity contribution in [3.8, 4) is 0 Å². The van der Waals surface area contributed by atoms with Crippen LogP contribution in [0.4, 0.5) is 5.69 Å². The fraction of sp³-hybridized carbons (Fsp3) is 0.0625. The average molecular weight is 330 g/mol. The second-order valence-electron chi connectivity index (χ2n) is 4.59. The van der Waals surface area contributed by atoms with E-state index in [1.807, 2.05) is 43.3 Å². The van der Waals surface area contributed by atoms with Gasteiger partial charge in [0.25, 0.3) is 5.91 Å². The molecule has 4 heteroatoms. The Hall–Kier alpha value is -2.07. The number of hydrogen-bond acceptors (Lipinski definition) is 2. The number of furan rings is 1. The lowest BCUT2D eigenvalue weighted by Gasteiger charge is -2.06. The lowest BCUT2D eigenvalue weighted by Crippen LogP contribution is -2.11. The van der Waals surface area contributed by atoms with Crippen molar-refractivity contribution in [2.75, 3.05) is 5.32 Å². The highest BCUT2D eigenvalue weighted by Crippen LogP contribution is 2.23. The van der Waals surface area contributed by atoms with E-state index in [-0.39, 0.29) is 5.91 Å². The number of hydrogen-bond donors (Lipinski definition) is 1. The molecule has 3 nitrogen and oxygen atoms in total. The molecule has 1 amide bonds. The third-order valence-electron chi connectivity index (χ3n) is 3.13. The molecule has 20 heavy (non-hydrogen) atoms. The van der Waals surface area contributed by atoms with Crippen molar-refractivity contribution < 1.29 is 9.21 Å². The third kappa shape index (κ3) is 2.47. The molecule has 0 aliphatic rings. The molecular formula is C16H12BrNO2. The van der Waals surface area contributed by atoms with Gasteiger partial charge in [-0.1, -0.05) is 28.1 Å². The summed E-state index contributed by atoms with van der Waals surface area (Å²) in [6.07, 6.45) is 1.52. The lowest BCUT2D eigenvalue weighted by molar-refractivity contribution is 0.0996. The van der Waals surface area contributed by atoms with Gasteiger partial charge in [-0.05, 0) is 48.0 Å². The summed E-state index contributed by atoms with van der Waals surface area (Å²) in [5.41, 5.74) is 1.58. The summed E-state index contributed by atoms with van der Waals surface area (Å²) < 4.78 is 6.22. The maximum Gasteiger partial charge on any atom is 0.291 e. The number of carbonyl (C=O) groups is 1. The summed E-state index contributed by atoms with van der Waals surface area (Å²) in [5, 5.41) is 5.04. The molecular weight excluding hydrogens is 318 g/mol. The minimum Gasteiger partial charge on any atom is -0.459 e. The highest BCUT2D eigenvalue weighted by atomic mass is 79.9. The van der Waals surface area contributed by atoms with Crippen molar-refractivity contribution in [1.29, 1.82) is 0 Å². The first-order chi connectivity index (χ1) is 9.63. The first-order valence-corrected chi connectivity index (χ1v) is 6.97. The van der Waals surface area contributed by atoms with E-state index < -0.39 is 0 Å². The van der Waals surface area contributed by atoms with E-state index >= 15 is 0 Å². The Bertz CT molecular complexity index is 792. The maximum atomic E-state index is 12.1. The summed E-state index contributed by atoms with van der Waals surface area (Å²) in [6.45, 7) is 1.84. The highest BCUT2D eigenvalue weighted by Gasteiger charge is 2.12. The number of aryl methyl sites for hydroxylation is 1. The maximum absolute atomic E-state index is 12.1. The number of carbonyl (C=O) groups excluding carboxylic acids is 1. The van der Waals surface area contributed by atoms with Crippen LogP contribution in [0.1, 0.15) is 16.1 Å². The van der Waals surface area contributed by atoms with Crippen molar-refractivity contribution in [3.63, 3.8) is 0 Å². The van der Waals surface area contributed by atoms with Gasteiger partial charge < -0.3 is 9.73 Å². The Kier molecular flexibility index (Phi) is 3.32. The zero-order valence-electron chi connectivity index (χ0n) is 10.8. The van der Waals surface area contributed by atoms with Crippen LogP contribution >= 0.6 is 15.9 Å². The van der Waals surface area contributed by atoms with Crippen LogP contribution in [0.5, 0.6) is 0 Å². The van der Waals surface area contributed by atoms with Crippen molar-refractivity contribution in [2.24, 2.45) is 0 Å². The molecule has 0 saturated carbocycles. The number of nitrogens with one attached hydrogen (secondary N) is 1. The fourth-order valence-electron chi connectivity index (χ4n) is 2.09. The van der Waals surface area contributed by atoms with Crippen molar-refractivity contribution >= 4 is 38.3 Å². The van der Waals surface area contributed by atoms with Crippen LogP contribution in [0.3, 0.4) is 0 Å². The first kappa shape index (κ1) is 12.9. The van der Waals surface area contributed by atoms with E-state index in [1.54, 1.807) is 6.07 Å². The van der Waals surface area contributed by atoms with E-state index in [9.17, 15) is 4.79 Å². The number of amides is 1. The summed E-state index contributed by atoms with van der Waals surface area (Å²) in [7, 11) is 0. The van der Waals surface area contributed by atoms with E-state index in [0.29, 0.717) is 5.76 Å². The van der Waals surface area contributed by atoms with Crippen LogP contribution in [0.25, 0.3) is 10.8 Å². The summed E-state index contributed by atoms with van der Waals surface area (Å²) in [4.78, 5) is 12.1. The molecule has 100 valence electrons. The Morgan fingerprint density at radius 1 is 1.10 bits per heavy atom. The van der Waals surface area contributed by atoms with Gasteiger partial charge >= 0.3 is 0 Å². The predicted molar refractivity (Wildman–Crippen MR) is 83.0 cm³/mol. The van der Waals surface area contributed by atoms with Gasteiger partial charge in [-0.15, -0.1) is 0 Å². The quantitative estimate of drug-likeness (QED) is 0.736. The lowest BCUT2D eigenvalue weighted by atomic mass is 10.1. The largest absolute Gasteiger partial charge is 0.459 e. The normalized spacial score (nSPS) is 10.7. The summed E-state index contributed by atoms with van der Waals surface area (Å²) >= 11 is 3.44. The van der Waals surface area contributed by atoms with E-state index in [0.717, 1.165) is 26.5 Å². The van der Waals surface area contributed by atoms with Crippen LogP contribution in [-0.2, 0) is 0 Å². The van der Waals surface area contributed by atoms with Crippen molar-refractivity contribution in [1.82, 2.24) is 0 Å². The number of halogens is 1. The molecule has 3 rings (SSSR count). The molecule has 1 N–H and O–H groups in total. The van der Waals surface area contributed by atoms with Gasteiger partial charge in [-0.25, -0.2) is 0 Å². The third-order valence-corrected chi connectivity index (χ3v) is 3.62. The molecule has 0 aliphatic heterocycles. The zero-order valence-corrected chi connectivity index (χ0v) is 12.4. The van der Waals surface area contributed by atoms with Crippen LogP contribution in [0.2, 0.25) is 0 Å². The van der Waals surface area contributed by atoms with Crippen LogP contribution in [0, 0.1) is 6.92 Å². The molecule has 1 heterocycles. The van der Waals surface area contributed by atoms with Crippen molar-refractivity contribution in [3.05, 3.63) is 64.5 Å². The molecule has 0 bridgehead atoms. The smallest absolute Gasteiger partial charge is 0.291 e. The van der Waals surface area contributed by atoms with Gasteiger partial charge in [0.05, 0.1) is 6.26 Å². The Morgan fingerprint density at radius 2 is 1.85 bits per heavy atom. The molecule has 1 aromatic heterocycles. The average Bonchev–Trinajstić information content (AvgIpc) is 2.85. The second-order valence-corrected chi connectivity index (χ2v) is 5.51. The molecule has 0 radical (unpaired) electrons. The summed E-state index contributed by atoms with van der Waals surface area (Å²) in [5.74, 6) is 0.116. The predicted octanol–water partition coefficient (Wildman–Crippen LogP) is 4.76. The van der Waals surface area contributed by atoms with Crippen LogP contribution in [-0.4, -0.2) is 5.91 Å². The summed E-state index contributed by atoms with van der Waals surface area (Å²) in [6, 6.07) is 13.6. The molecule has 3 aromatic rings. The van der Waals surface area contributed by atoms with Gasteiger partial charge in [0.2, 0.25) is 0 Å². The molecule has 0 saturated heterocycles. The zero-order chi connectivity index (χ0) is 14.1.